The van der Waals surface area contributed by atoms with E-state index in [0.29, 0.717) is 19.1 Å². The van der Waals surface area contributed by atoms with Crippen LogP contribution in [0.2, 0.25) is 0 Å². The maximum atomic E-state index is 9.81. The van der Waals surface area contributed by atoms with Crippen molar-refractivity contribution in [2.75, 3.05) is 0 Å². The fourth-order valence-corrected chi connectivity index (χ4v) is 0.446. The van der Waals surface area contributed by atoms with Crippen molar-refractivity contribution in [2.24, 2.45) is 0 Å². The van der Waals surface area contributed by atoms with E-state index in [1.165, 1.54) is 6.08 Å². The van der Waals surface area contributed by atoms with Crippen LogP contribution in [0.5, 0.6) is 0 Å². The van der Waals surface area contributed by atoms with E-state index >= 15 is 0 Å². The molecule has 2 nitrogen and oxygen atoms in total. The Morgan fingerprint density at radius 2 is 2.00 bits per heavy atom. The van der Waals surface area contributed by atoms with Crippen LogP contribution < -0.4 is 0 Å². The van der Waals surface area contributed by atoms with Crippen LogP contribution in [-0.4, -0.2) is 12.6 Å². The lowest BCUT2D eigenvalue weighted by molar-refractivity contribution is -0.108. The molecule has 50 valence electrons. The summed E-state index contributed by atoms with van der Waals surface area (Å²) in [5, 5.41) is 0.164. The van der Waals surface area contributed by atoms with Gasteiger partial charge in [-0.2, -0.15) is 0 Å². The third kappa shape index (κ3) is 5.24. The maximum Gasteiger partial charge on any atom is 0.161 e. The van der Waals surface area contributed by atoms with Crippen LogP contribution in [0.25, 0.3) is 0 Å². The molecule has 0 aromatic rings. The Morgan fingerprint density at radius 1 is 1.33 bits per heavy atom. The first-order valence-electron chi connectivity index (χ1n) is 2.55. The van der Waals surface area contributed by atoms with Crippen LogP contribution in [0.3, 0.4) is 0 Å². The Balaban J connectivity index is 3.42. The van der Waals surface area contributed by atoms with Crippen LogP contribution in [-0.2, 0) is 9.59 Å². The van der Waals surface area contributed by atoms with E-state index in [1.807, 2.05) is 0 Å². The van der Waals surface area contributed by atoms with E-state index < -0.39 is 0 Å². The van der Waals surface area contributed by atoms with Crippen LogP contribution >= 0.6 is 11.6 Å². The second kappa shape index (κ2) is 5.51. The average molecular weight is 147 g/mol. The topological polar surface area (TPSA) is 34.1 Å². The van der Waals surface area contributed by atoms with Gasteiger partial charge in [-0.05, 0) is 6.42 Å². The van der Waals surface area contributed by atoms with Crippen molar-refractivity contribution in [2.45, 2.75) is 12.8 Å². The average Bonchev–Trinajstić information content (AvgIpc) is 1.89. The summed E-state index contributed by atoms with van der Waals surface area (Å²) >= 11 is 5.28. The SMILES string of the molecule is O=CCCC=C(Cl)C=O. The van der Waals surface area contributed by atoms with Gasteiger partial charge in [0.25, 0.3) is 0 Å². The molecule has 0 aromatic carbocycles. The summed E-state index contributed by atoms with van der Waals surface area (Å²) in [5.41, 5.74) is 0. The molecule has 3 heteroatoms. The summed E-state index contributed by atoms with van der Waals surface area (Å²) in [6.07, 6.45) is 3.81. The van der Waals surface area contributed by atoms with E-state index in [1.54, 1.807) is 0 Å². The van der Waals surface area contributed by atoms with Gasteiger partial charge in [0, 0.05) is 6.42 Å². The van der Waals surface area contributed by atoms with Crippen LogP contribution in [0.1, 0.15) is 12.8 Å². The summed E-state index contributed by atoms with van der Waals surface area (Å²) < 4.78 is 0. The molecule has 9 heavy (non-hydrogen) atoms. The molecule has 0 unspecified atom stereocenters. The van der Waals surface area contributed by atoms with Gasteiger partial charge in [0.15, 0.2) is 6.29 Å². The zero-order chi connectivity index (χ0) is 7.11. The number of allylic oxidation sites excluding steroid dienone is 2. The zero-order valence-electron chi connectivity index (χ0n) is 4.84. The van der Waals surface area contributed by atoms with Gasteiger partial charge in [0.2, 0.25) is 0 Å². The summed E-state index contributed by atoms with van der Waals surface area (Å²) in [6.45, 7) is 0. The second-order valence-electron chi connectivity index (χ2n) is 1.45. The lowest BCUT2D eigenvalue weighted by Crippen LogP contribution is -1.74. The molecule has 0 amide bonds. The molecule has 0 radical (unpaired) electrons. The molecular weight excluding hydrogens is 140 g/mol. The molecule has 0 spiro atoms. The van der Waals surface area contributed by atoms with Crippen LogP contribution in [0.15, 0.2) is 11.1 Å². The Hall–Kier alpha value is -0.630. The van der Waals surface area contributed by atoms with Gasteiger partial charge in [-0.1, -0.05) is 17.7 Å². The summed E-state index contributed by atoms with van der Waals surface area (Å²) in [5.74, 6) is 0. The van der Waals surface area contributed by atoms with Gasteiger partial charge < -0.3 is 4.79 Å². The van der Waals surface area contributed by atoms with Crippen molar-refractivity contribution in [3.05, 3.63) is 11.1 Å². The van der Waals surface area contributed by atoms with Gasteiger partial charge in [0.1, 0.15) is 6.29 Å². The monoisotopic (exact) mass is 146 g/mol. The molecule has 0 bridgehead atoms. The van der Waals surface area contributed by atoms with Gasteiger partial charge in [0.05, 0.1) is 5.03 Å². The van der Waals surface area contributed by atoms with E-state index in [-0.39, 0.29) is 5.03 Å². The second-order valence-corrected chi connectivity index (χ2v) is 1.89. The minimum Gasteiger partial charge on any atom is -0.303 e. The van der Waals surface area contributed by atoms with Crippen molar-refractivity contribution >= 4 is 24.2 Å². The molecule has 0 aromatic heterocycles. The van der Waals surface area contributed by atoms with E-state index in [4.69, 9.17) is 11.6 Å². The number of halogens is 1. The highest BCUT2D eigenvalue weighted by atomic mass is 35.5. The molecule has 0 saturated carbocycles. The third-order valence-electron chi connectivity index (χ3n) is 0.736. The molecule has 0 heterocycles. The highest BCUT2D eigenvalue weighted by Gasteiger charge is 1.84. The van der Waals surface area contributed by atoms with Crippen molar-refractivity contribution in [3.63, 3.8) is 0 Å². The number of carbonyl (C=O) groups is 2. The van der Waals surface area contributed by atoms with E-state index in [2.05, 4.69) is 0 Å². The van der Waals surface area contributed by atoms with Gasteiger partial charge in [-0.3, -0.25) is 4.79 Å². The van der Waals surface area contributed by atoms with E-state index in [9.17, 15) is 9.59 Å². The van der Waals surface area contributed by atoms with Gasteiger partial charge in [-0.15, -0.1) is 0 Å². The third-order valence-corrected chi connectivity index (χ3v) is 0.980. The minimum atomic E-state index is 0.164. The molecule has 0 saturated heterocycles. The number of aldehydes is 2. The molecule has 0 aliphatic heterocycles. The number of hydrogen-bond donors (Lipinski definition) is 0. The fraction of sp³-hybridized carbons (Fsp3) is 0.333. The molecular formula is C6H7ClO2. The Bertz CT molecular complexity index is 129. The smallest absolute Gasteiger partial charge is 0.161 e. The first-order valence-corrected chi connectivity index (χ1v) is 2.93. The Morgan fingerprint density at radius 3 is 2.44 bits per heavy atom. The van der Waals surface area contributed by atoms with Crippen LogP contribution in [0, 0.1) is 0 Å². The molecule has 0 aliphatic carbocycles. The molecule has 0 atom stereocenters. The van der Waals surface area contributed by atoms with Gasteiger partial charge >= 0.3 is 0 Å². The van der Waals surface area contributed by atoms with Gasteiger partial charge in [-0.25, -0.2) is 0 Å². The number of rotatable bonds is 4. The van der Waals surface area contributed by atoms with Crippen molar-refractivity contribution in [3.8, 4) is 0 Å². The van der Waals surface area contributed by atoms with Crippen LogP contribution in [0.4, 0.5) is 0 Å². The maximum absolute atomic E-state index is 9.81. The summed E-state index contributed by atoms with van der Waals surface area (Å²) in [6, 6.07) is 0. The quantitative estimate of drug-likeness (QED) is 0.340. The molecule has 0 fully saturated rings. The van der Waals surface area contributed by atoms with Crippen molar-refractivity contribution < 1.29 is 9.59 Å². The van der Waals surface area contributed by atoms with Crippen molar-refractivity contribution in [1.82, 2.24) is 0 Å². The van der Waals surface area contributed by atoms with E-state index in [0.717, 1.165) is 6.29 Å². The molecule has 0 aliphatic rings. The first kappa shape index (κ1) is 8.37. The minimum absolute atomic E-state index is 0.164. The number of carbonyl (C=O) groups excluding carboxylic acids is 2. The standard InChI is InChI=1S/C6H7ClO2/c7-6(5-9)3-1-2-4-8/h3-5H,1-2H2. The zero-order valence-corrected chi connectivity index (χ0v) is 5.60. The lowest BCUT2D eigenvalue weighted by Gasteiger charge is -1.81. The summed E-state index contributed by atoms with van der Waals surface area (Å²) in [7, 11) is 0. The normalized spacial score (nSPS) is 11.0. The molecule has 0 N–H and O–H groups in total. The number of hydrogen-bond acceptors (Lipinski definition) is 2. The number of unbranched alkanes of at least 4 members (excludes halogenated alkanes) is 1. The lowest BCUT2D eigenvalue weighted by atomic mass is 10.3. The Labute approximate surface area is 58.5 Å². The fourth-order valence-electron chi connectivity index (χ4n) is 0.337. The predicted molar refractivity (Wildman–Crippen MR) is 35.3 cm³/mol. The predicted octanol–water partition coefficient (Wildman–Crippen LogP) is 1.29. The highest BCUT2D eigenvalue weighted by Crippen LogP contribution is 1.98. The van der Waals surface area contributed by atoms with Crippen molar-refractivity contribution in [1.29, 1.82) is 0 Å². The largest absolute Gasteiger partial charge is 0.303 e. The Kier molecular flexibility index (Phi) is 5.12. The summed E-state index contributed by atoms with van der Waals surface area (Å²) in [4.78, 5) is 19.5. The highest BCUT2D eigenvalue weighted by molar-refractivity contribution is 6.38. The molecule has 0 rings (SSSR count). The first-order chi connectivity index (χ1) is 4.31.